The Morgan fingerprint density at radius 3 is 2.88 bits per heavy atom. The van der Waals surface area contributed by atoms with Crippen LogP contribution in [0.4, 0.5) is 0 Å². The predicted octanol–water partition coefficient (Wildman–Crippen LogP) is 1.63. The number of carboxylic acid groups (broad SMARTS) is 1. The minimum absolute atomic E-state index is 0.150. The SMILES string of the molecule is O=C(O)c1[nH]c2cccc3c2c1C=NN=C3. The molecule has 3 rings (SSSR count). The molecular weight excluding hydrogens is 206 g/mol. The van der Waals surface area contributed by atoms with Gasteiger partial charge in [-0.25, -0.2) is 4.79 Å². The number of rotatable bonds is 1. The maximum Gasteiger partial charge on any atom is 0.353 e. The number of carbonyl (C=O) groups is 1. The Morgan fingerprint density at radius 1 is 1.25 bits per heavy atom. The lowest BCUT2D eigenvalue weighted by Crippen LogP contribution is -2.00. The van der Waals surface area contributed by atoms with Gasteiger partial charge in [0.1, 0.15) is 5.69 Å². The molecule has 1 aromatic heterocycles. The number of aromatic carboxylic acids is 1. The molecule has 2 N–H and O–H groups in total. The molecule has 0 atom stereocenters. The van der Waals surface area contributed by atoms with Gasteiger partial charge in [-0.05, 0) is 6.07 Å². The zero-order valence-corrected chi connectivity index (χ0v) is 8.14. The number of aromatic amines is 1. The first-order valence-corrected chi connectivity index (χ1v) is 4.72. The highest BCUT2D eigenvalue weighted by Gasteiger charge is 2.18. The highest BCUT2D eigenvalue weighted by atomic mass is 16.4. The van der Waals surface area contributed by atoms with Crippen molar-refractivity contribution in [3.8, 4) is 0 Å². The van der Waals surface area contributed by atoms with Crippen LogP contribution in [-0.4, -0.2) is 28.5 Å². The minimum atomic E-state index is -0.995. The minimum Gasteiger partial charge on any atom is -0.477 e. The summed E-state index contributed by atoms with van der Waals surface area (Å²) in [7, 11) is 0. The molecule has 0 bridgehead atoms. The first-order chi connectivity index (χ1) is 7.77. The molecule has 0 aliphatic carbocycles. The van der Waals surface area contributed by atoms with E-state index >= 15 is 0 Å². The molecule has 0 spiro atoms. The number of aromatic nitrogens is 1. The summed E-state index contributed by atoms with van der Waals surface area (Å²) < 4.78 is 0. The summed E-state index contributed by atoms with van der Waals surface area (Å²) in [5.74, 6) is -0.995. The van der Waals surface area contributed by atoms with Gasteiger partial charge in [0.2, 0.25) is 0 Å². The summed E-state index contributed by atoms with van der Waals surface area (Å²) in [6, 6.07) is 5.56. The van der Waals surface area contributed by atoms with E-state index in [1.165, 1.54) is 6.21 Å². The maximum absolute atomic E-state index is 11.1. The third-order valence-corrected chi connectivity index (χ3v) is 2.56. The normalized spacial score (nSPS) is 13.0. The van der Waals surface area contributed by atoms with Crippen LogP contribution in [0.25, 0.3) is 10.9 Å². The van der Waals surface area contributed by atoms with E-state index < -0.39 is 5.97 Å². The zero-order valence-electron chi connectivity index (χ0n) is 8.14. The number of H-pyrrole nitrogens is 1. The van der Waals surface area contributed by atoms with E-state index in [-0.39, 0.29) is 5.69 Å². The molecule has 16 heavy (non-hydrogen) atoms. The summed E-state index contributed by atoms with van der Waals surface area (Å²) in [5.41, 5.74) is 2.38. The Bertz CT molecular complexity index is 653. The monoisotopic (exact) mass is 213 g/mol. The second-order valence-corrected chi connectivity index (χ2v) is 3.48. The van der Waals surface area contributed by atoms with Gasteiger partial charge in [0.15, 0.2) is 0 Å². The van der Waals surface area contributed by atoms with Gasteiger partial charge in [0.25, 0.3) is 0 Å². The molecule has 0 amide bonds. The lowest BCUT2D eigenvalue weighted by molar-refractivity contribution is 0.0691. The van der Waals surface area contributed by atoms with Crippen LogP contribution in [0.5, 0.6) is 0 Å². The van der Waals surface area contributed by atoms with Gasteiger partial charge >= 0.3 is 5.97 Å². The van der Waals surface area contributed by atoms with Crippen molar-refractivity contribution in [1.29, 1.82) is 0 Å². The third-order valence-electron chi connectivity index (χ3n) is 2.56. The van der Waals surface area contributed by atoms with Crippen molar-refractivity contribution in [2.45, 2.75) is 0 Å². The van der Waals surface area contributed by atoms with Crippen LogP contribution >= 0.6 is 0 Å². The van der Waals surface area contributed by atoms with Gasteiger partial charge in [0.05, 0.1) is 12.4 Å². The molecule has 78 valence electrons. The Labute approximate surface area is 90.1 Å². The van der Waals surface area contributed by atoms with E-state index in [0.717, 1.165) is 16.5 Å². The van der Waals surface area contributed by atoms with E-state index in [0.29, 0.717) is 5.56 Å². The van der Waals surface area contributed by atoms with Crippen molar-refractivity contribution in [3.05, 3.63) is 35.0 Å². The van der Waals surface area contributed by atoms with Crippen LogP contribution in [0.15, 0.2) is 28.4 Å². The maximum atomic E-state index is 11.1. The molecule has 0 unspecified atom stereocenters. The summed E-state index contributed by atoms with van der Waals surface area (Å²) in [5, 5.41) is 17.5. The molecule has 0 radical (unpaired) electrons. The average molecular weight is 213 g/mol. The number of carboxylic acids is 1. The average Bonchev–Trinajstić information content (AvgIpc) is 2.50. The smallest absolute Gasteiger partial charge is 0.353 e. The molecule has 5 heteroatoms. The molecule has 2 aromatic rings. The Morgan fingerprint density at radius 2 is 2.06 bits per heavy atom. The summed E-state index contributed by atoms with van der Waals surface area (Å²) in [6.45, 7) is 0. The van der Waals surface area contributed by atoms with Crippen LogP contribution in [0.3, 0.4) is 0 Å². The van der Waals surface area contributed by atoms with Gasteiger partial charge in [-0.3, -0.25) is 0 Å². The Hall–Kier alpha value is -2.43. The molecule has 0 fully saturated rings. The van der Waals surface area contributed by atoms with Crippen LogP contribution in [0, 0.1) is 0 Å². The van der Waals surface area contributed by atoms with E-state index in [1.54, 1.807) is 6.21 Å². The number of hydrogen-bond donors (Lipinski definition) is 2. The van der Waals surface area contributed by atoms with Crippen molar-refractivity contribution in [3.63, 3.8) is 0 Å². The molecule has 5 nitrogen and oxygen atoms in total. The number of nitrogens with zero attached hydrogens (tertiary/aromatic N) is 2. The first kappa shape index (κ1) is 8.84. The van der Waals surface area contributed by atoms with Crippen LogP contribution in [-0.2, 0) is 0 Å². The van der Waals surface area contributed by atoms with Crippen molar-refractivity contribution in [2.75, 3.05) is 0 Å². The fourth-order valence-corrected chi connectivity index (χ4v) is 1.89. The lowest BCUT2D eigenvalue weighted by atomic mass is 10.1. The largest absolute Gasteiger partial charge is 0.477 e. The third kappa shape index (κ3) is 1.08. The van der Waals surface area contributed by atoms with Crippen molar-refractivity contribution >= 4 is 29.3 Å². The molecular formula is C11H7N3O2. The van der Waals surface area contributed by atoms with Crippen LogP contribution in [0.2, 0.25) is 0 Å². The van der Waals surface area contributed by atoms with Gasteiger partial charge in [-0.15, -0.1) is 0 Å². The zero-order chi connectivity index (χ0) is 11.1. The second kappa shape index (κ2) is 3.03. The van der Waals surface area contributed by atoms with Gasteiger partial charge < -0.3 is 10.1 Å². The molecule has 2 heterocycles. The topological polar surface area (TPSA) is 77.8 Å². The van der Waals surface area contributed by atoms with Crippen LogP contribution < -0.4 is 0 Å². The van der Waals surface area contributed by atoms with Crippen molar-refractivity contribution < 1.29 is 9.90 Å². The highest BCUT2D eigenvalue weighted by Crippen LogP contribution is 2.25. The standard InChI is InChI=1S/C11H7N3O2/c15-11(16)10-7-5-13-12-4-6-2-1-3-8(14-10)9(6)7/h1-5,14H,(H,15,16). The highest BCUT2D eigenvalue weighted by molar-refractivity contribution is 6.14. The Kier molecular flexibility index (Phi) is 1.67. The first-order valence-electron chi connectivity index (χ1n) is 4.72. The molecule has 0 saturated heterocycles. The number of benzene rings is 1. The van der Waals surface area contributed by atoms with E-state index in [1.807, 2.05) is 18.2 Å². The second-order valence-electron chi connectivity index (χ2n) is 3.48. The molecule has 0 saturated carbocycles. The Balaban J connectivity index is 2.50. The van der Waals surface area contributed by atoms with Crippen LogP contribution in [0.1, 0.15) is 21.6 Å². The lowest BCUT2D eigenvalue weighted by Gasteiger charge is -1.94. The number of nitrogens with one attached hydrogen (secondary N) is 1. The fraction of sp³-hybridized carbons (Fsp3) is 0. The van der Waals surface area contributed by atoms with Gasteiger partial charge in [-0.1, -0.05) is 12.1 Å². The summed E-state index contributed by atoms with van der Waals surface area (Å²) in [4.78, 5) is 13.9. The summed E-state index contributed by atoms with van der Waals surface area (Å²) >= 11 is 0. The van der Waals surface area contributed by atoms with Crippen molar-refractivity contribution in [2.24, 2.45) is 10.2 Å². The molecule has 1 aliphatic rings. The number of hydrogen-bond acceptors (Lipinski definition) is 3. The van der Waals surface area contributed by atoms with Gasteiger partial charge in [-0.2, -0.15) is 10.2 Å². The van der Waals surface area contributed by atoms with Crippen molar-refractivity contribution in [1.82, 2.24) is 4.98 Å². The molecule has 1 aliphatic heterocycles. The fourth-order valence-electron chi connectivity index (χ4n) is 1.89. The molecule has 1 aromatic carbocycles. The van der Waals surface area contributed by atoms with Gasteiger partial charge in [0, 0.05) is 22.0 Å². The van der Waals surface area contributed by atoms with E-state index in [2.05, 4.69) is 15.2 Å². The van der Waals surface area contributed by atoms with E-state index in [9.17, 15) is 4.79 Å². The predicted molar refractivity (Wildman–Crippen MR) is 60.4 cm³/mol. The summed E-state index contributed by atoms with van der Waals surface area (Å²) in [6.07, 6.45) is 3.09. The quantitative estimate of drug-likeness (QED) is 0.755. The van der Waals surface area contributed by atoms with E-state index in [4.69, 9.17) is 5.11 Å².